The van der Waals surface area contributed by atoms with Gasteiger partial charge in [-0.1, -0.05) is 18.2 Å². The Morgan fingerprint density at radius 1 is 1.27 bits per heavy atom. The molecule has 0 bridgehead atoms. The van der Waals surface area contributed by atoms with E-state index in [1.807, 2.05) is 36.5 Å². The average Bonchev–Trinajstić information content (AvgIpc) is 3.04. The van der Waals surface area contributed by atoms with Crippen molar-refractivity contribution < 1.29 is 9.53 Å². The van der Waals surface area contributed by atoms with Crippen molar-refractivity contribution in [1.82, 2.24) is 9.78 Å². The lowest BCUT2D eigenvalue weighted by atomic mass is 9.92. The van der Waals surface area contributed by atoms with Gasteiger partial charge >= 0.3 is 0 Å². The summed E-state index contributed by atoms with van der Waals surface area (Å²) in [6.07, 6.45) is 3.46. The highest BCUT2D eigenvalue weighted by Crippen LogP contribution is 2.18. The zero-order valence-corrected chi connectivity index (χ0v) is 12.3. The van der Waals surface area contributed by atoms with E-state index < -0.39 is 6.04 Å². The molecule has 2 heterocycles. The molecule has 1 saturated heterocycles. The Balaban J connectivity index is 1.63. The van der Waals surface area contributed by atoms with Gasteiger partial charge in [-0.05, 0) is 30.9 Å². The number of nitrogens with two attached hydrogens (primary N) is 1. The Labute approximate surface area is 129 Å². The van der Waals surface area contributed by atoms with Crippen molar-refractivity contribution in [3.05, 3.63) is 42.6 Å². The van der Waals surface area contributed by atoms with Crippen LogP contribution in [0.3, 0.4) is 0 Å². The molecule has 1 aromatic heterocycles. The van der Waals surface area contributed by atoms with E-state index in [4.69, 9.17) is 10.5 Å². The van der Waals surface area contributed by atoms with Crippen LogP contribution in [0.5, 0.6) is 0 Å². The summed E-state index contributed by atoms with van der Waals surface area (Å²) in [6.45, 7) is 1.35. The summed E-state index contributed by atoms with van der Waals surface area (Å²) < 4.78 is 7.02. The molecule has 1 unspecified atom stereocenters. The third kappa shape index (κ3) is 3.35. The minimum Gasteiger partial charge on any atom is -0.381 e. The number of nitrogens with one attached hydrogen (secondary N) is 1. The first-order valence-electron chi connectivity index (χ1n) is 7.49. The maximum atomic E-state index is 12.2. The van der Waals surface area contributed by atoms with Gasteiger partial charge in [0, 0.05) is 25.5 Å². The summed E-state index contributed by atoms with van der Waals surface area (Å²) in [4.78, 5) is 12.2. The van der Waals surface area contributed by atoms with Crippen molar-refractivity contribution in [2.45, 2.75) is 18.9 Å². The van der Waals surface area contributed by atoms with Crippen LogP contribution in [0, 0.1) is 5.92 Å². The van der Waals surface area contributed by atoms with Crippen molar-refractivity contribution in [1.29, 1.82) is 0 Å². The van der Waals surface area contributed by atoms with Crippen LogP contribution >= 0.6 is 0 Å². The van der Waals surface area contributed by atoms with Gasteiger partial charge in [-0.25, -0.2) is 4.68 Å². The highest BCUT2D eigenvalue weighted by atomic mass is 16.5. The molecule has 1 amide bonds. The molecule has 3 N–H and O–H groups in total. The number of para-hydroxylation sites is 1. The monoisotopic (exact) mass is 300 g/mol. The molecule has 1 aliphatic rings. The largest absolute Gasteiger partial charge is 0.381 e. The Bertz CT molecular complexity index is 620. The molecule has 1 aromatic carbocycles. The minimum absolute atomic E-state index is 0.171. The molecule has 1 fully saturated rings. The predicted octanol–water partition coefficient (Wildman–Crippen LogP) is 1.56. The van der Waals surface area contributed by atoms with E-state index in [0.29, 0.717) is 19.0 Å². The molecule has 0 radical (unpaired) electrons. The molecule has 1 atom stereocenters. The number of rotatable bonds is 4. The van der Waals surface area contributed by atoms with Crippen LogP contribution < -0.4 is 11.1 Å². The van der Waals surface area contributed by atoms with E-state index >= 15 is 0 Å². The highest BCUT2D eigenvalue weighted by Gasteiger charge is 2.26. The number of benzene rings is 1. The average molecular weight is 300 g/mol. The zero-order valence-electron chi connectivity index (χ0n) is 12.3. The van der Waals surface area contributed by atoms with Crippen molar-refractivity contribution >= 4 is 11.7 Å². The van der Waals surface area contributed by atoms with Gasteiger partial charge in [0.25, 0.3) is 0 Å². The van der Waals surface area contributed by atoms with Crippen LogP contribution in [0.2, 0.25) is 0 Å². The van der Waals surface area contributed by atoms with Gasteiger partial charge in [-0.2, -0.15) is 5.10 Å². The van der Waals surface area contributed by atoms with Gasteiger partial charge in [0.15, 0.2) is 5.82 Å². The molecule has 22 heavy (non-hydrogen) atoms. The number of carbonyl (C=O) groups excluding carboxylic acids is 1. The first-order chi connectivity index (χ1) is 10.7. The SMILES string of the molecule is NC(C(=O)Nc1ccn(-c2ccccc2)n1)C1CCOCC1. The fourth-order valence-corrected chi connectivity index (χ4v) is 2.61. The van der Waals surface area contributed by atoms with Crippen LogP contribution in [0.25, 0.3) is 5.69 Å². The third-order valence-electron chi connectivity index (χ3n) is 3.94. The fraction of sp³-hybridized carbons (Fsp3) is 0.375. The molecule has 6 heteroatoms. The summed E-state index contributed by atoms with van der Waals surface area (Å²) in [7, 11) is 0. The Hall–Kier alpha value is -2.18. The smallest absolute Gasteiger partial charge is 0.242 e. The topological polar surface area (TPSA) is 82.2 Å². The maximum Gasteiger partial charge on any atom is 0.242 e. The third-order valence-corrected chi connectivity index (χ3v) is 3.94. The van der Waals surface area contributed by atoms with Crippen LogP contribution in [-0.2, 0) is 9.53 Å². The Morgan fingerprint density at radius 3 is 2.73 bits per heavy atom. The minimum atomic E-state index is -0.522. The van der Waals surface area contributed by atoms with Crippen molar-refractivity contribution in [3.8, 4) is 5.69 Å². The highest BCUT2D eigenvalue weighted by molar-refractivity contribution is 5.94. The quantitative estimate of drug-likeness (QED) is 0.898. The summed E-state index contributed by atoms with van der Waals surface area (Å²) in [6, 6.07) is 11.0. The molecule has 1 aliphatic heterocycles. The second-order valence-corrected chi connectivity index (χ2v) is 5.45. The molecular formula is C16H20N4O2. The number of nitrogens with zero attached hydrogens (tertiary/aromatic N) is 2. The molecule has 0 saturated carbocycles. The predicted molar refractivity (Wildman–Crippen MR) is 83.7 cm³/mol. The van der Waals surface area contributed by atoms with Crippen LogP contribution in [0.4, 0.5) is 5.82 Å². The number of ether oxygens (including phenoxy) is 1. The van der Waals surface area contributed by atoms with E-state index in [1.54, 1.807) is 10.7 Å². The summed E-state index contributed by atoms with van der Waals surface area (Å²) in [5, 5.41) is 7.14. The van der Waals surface area contributed by atoms with Crippen molar-refractivity contribution in [2.24, 2.45) is 11.7 Å². The normalized spacial score (nSPS) is 17.1. The number of hydrogen-bond donors (Lipinski definition) is 2. The first kappa shape index (κ1) is 14.7. The molecule has 6 nitrogen and oxygen atoms in total. The lowest BCUT2D eigenvalue weighted by Gasteiger charge is -2.26. The molecular weight excluding hydrogens is 280 g/mol. The zero-order chi connectivity index (χ0) is 15.4. The van der Waals surface area contributed by atoms with E-state index in [1.165, 1.54) is 0 Å². The maximum absolute atomic E-state index is 12.2. The van der Waals surface area contributed by atoms with Crippen LogP contribution in [-0.4, -0.2) is 34.9 Å². The molecule has 0 spiro atoms. The van der Waals surface area contributed by atoms with Gasteiger partial charge < -0.3 is 15.8 Å². The van der Waals surface area contributed by atoms with E-state index in [2.05, 4.69) is 10.4 Å². The van der Waals surface area contributed by atoms with Crippen LogP contribution in [0.1, 0.15) is 12.8 Å². The summed E-state index contributed by atoms with van der Waals surface area (Å²) in [5.41, 5.74) is 7.00. The second-order valence-electron chi connectivity index (χ2n) is 5.45. The van der Waals surface area contributed by atoms with Gasteiger partial charge in [-0.3, -0.25) is 4.79 Å². The Kier molecular flexibility index (Phi) is 4.50. The number of anilines is 1. The van der Waals surface area contributed by atoms with Crippen molar-refractivity contribution in [2.75, 3.05) is 18.5 Å². The van der Waals surface area contributed by atoms with Crippen molar-refractivity contribution in [3.63, 3.8) is 0 Å². The van der Waals surface area contributed by atoms with Gasteiger partial charge in [0.05, 0.1) is 11.7 Å². The molecule has 3 rings (SSSR count). The summed E-state index contributed by atoms with van der Waals surface area (Å²) in [5.74, 6) is 0.492. The second kappa shape index (κ2) is 6.72. The molecule has 116 valence electrons. The number of amides is 1. The van der Waals surface area contributed by atoms with Crippen LogP contribution in [0.15, 0.2) is 42.6 Å². The number of hydrogen-bond acceptors (Lipinski definition) is 4. The lowest BCUT2D eigenvalue weighted by molar-refractivity contribution is -0.119. The summed E-state index contributed by atoms with van der Waals surface area (Å²) >= 11 is 0. The standard InChI is InChI=1S/C16H20N4O2/c17-15(12-7-10-22-11-8-12)16(21)18-14-6-9-20(19-14)13-4-2-1-3-5-13/h1-6,9,12,15H,7-8,10-11,17H2,(H,18,19,21). The van der Waals surface area contributed by atoms with E-state index in [9.17, 15) is 4.79 Å². The number of carbonyl (C=O) groups is 1. The molecule has 2 aromatic rings. The number of aromatic nitrogens is 2. The Morgan fingerprint density at radius 2 is 2.00 bits per heavy atom. The fourth-order valence-electron chi connectivity index (χ4n) is 2.61. The van der Waals surface area contributed by atoms with Gasteiger partial charge in [0.2, 0.25) is 5.91 Å². The molecule has 0 aliphatic carbocycles. The first-order valence-corrected chi connectivity index (χ1v) is 7.49. The van der Waals surface area contributed by atoms with E-state index in [0.717, 1.165) is 18.5 Å². The van der Waals surface area contributed by atoms with E-state index in [-0.39, 0.29) is 11.8 Å². The van der Waals surface area contributed by atoms with Gasteiger partial charge in [-0.15, -0.1) is 0 Å². The lowest BCUT2D eigenvalue weighted by Crippen LogP contribution is -2.44. The van der Waals surface area contributed by atoms with Gasteiger partial charge in [0.1, 0.15) is 0 Å².